The van der Waals surface area contributed by atoms with E-state index in [2.05, 4.69) is 5.32 Å². The van der Waals surface area contributed by atoms with Crippen molar-refractivity contribution >= 4 is 29.1 Å². The smallest absolute Gasteiger partial charge is 0.220 e. The first-order valence-electron chi connectivity index (χ1n) is 5.03. The zero-order chi connectivity index (χ0) is 12.0. The Balaban J connectivity index is 2.45. The van der Waals surface area contributed by atoms with Gasteiger partial charge in [-0.25, -0.2) is 0 Å². The highest BCUT2D eigenvalue weighted by atomic mass is 35.5. The zero-order valence-corrected chi connectivity index (χ0v) is 10.3. The third-order valence-corrected chi connectivity index (χ3v) is 2.47. The van der Waals surface area contributed by atoms with Gasteiger partial charge in [0.1, 0.15) is 0 Å². The quantitative estimate of drug-likeness (QED) is 0.851. The van der Waals surface area contributed by atoms with E-state index in [0.717, 1.165) is 5.56 Å². The number of halogens is 2. The van der Waals surface area contributed by atoms with Crippen LogP contribution in [0.15, 0.2) is 18.2 Å². The van der Waals surface area contributed by atoms with Crippen LogP contribution in [0.2, 0.25) is 10.0 Å². The fourth-order valence-electron chi connectivity index (χ4n) is 1.31. The van der Waals surface area contributed by atoms with Gasteiger partial charge >= 0.3 is 0 Å². The lowest BCUT2D eigenvalue weighted by Gasteiger charge is -2.04. The lowest BCUT2D eigenvalue weighted by Crippen LogP contribution is -2.29. The van der Waals surface area contributed by atoms with Crippen molar-refractivity contribution in [3.05, 3.63) is 33.8 Å². The third-order valence-electron chi connectivity index (χ3n) is 2.03. The molecule has 0 aliphatic carbocycles. The number of carbonyl (C=O) groups excluding carboxylic acids is 1. The normalized spacial score (nSPS) is 10.2. The van der Waals surface area contributed by atoms with E-state index in [9.17, 15) is 4.79 Å². The second-order valence-corrected chi connectivity index (χ2v) is 4.29. The van der Waals surface area contributed by atoms with Gasteiger partial charge in [0, 0.05) is 29.6 Å². The maximum Gasteiger partial charge on any atom is 0.220 e. The summed E-state index contributed by atoms with van der Waals surface area (Å²) in [6.07, 6.45) is 1.04. The summed E-state index contributed by atoms with van der Waals surface area (Å²) in [5, 5.41) is 3.88. The number of aryl methyl sites for hydroxylation is 1. The van der Waals surface area contributed by atoms with Crippen LogP contribution >= 0.6 is 23.2 Å². The van der Waals surface area contributed by atoms with Crippen molar-refractivity contribution in [3.63, 3.8) is 0 Å². The summed E-state index contributed by atoms with van der Waals surface area (Å²) in [7, 11) is 0. The maximum atomic E-state index is 11.3. The summed E-state index contributed by atoms with van der Waals surface area (Å²) in [6.45, 7) is 0.962. The predicted molar refractivity (Wildman–Crippen MR) is 66.8 cm³/mol. The fourth-order valence-corrected chi connectivity index (χ4v) is 1.88. The van der Waals surface area contributed by atoms with Crippen LogP contribution in [0.5, 0.6) is 0 Å². The van der Waals surface area contributed by atoms with Gasteiger partial charge in [0.25, 0.3) is 0 Å². The van der Waals surface area contributed by atoms with Crippen LogP contribution in [0, 0.1) is 0 Å². The molecule has 0 aliphatic heterocycles. The van der Waals surface area contributed by atoms with Crippen LogP contribution in [-0.2, 0) is 11.2 Å². The van der Waals surface area contributed by atoms with Crippen LogP contribution in [-0.4, -0.2) is 19.0 Å². The molecule has 88 valence electrons. The molecule has 0 saturated carbocycles. The van der Waals surface area contributed by atoms with Crippen LogP contribution in [0.4, 0.5) is 0 Å². The van der Waals surface area contributed by atoms with Gasteiger partial charge < -0.3 is 11.1 Å². The molecule has 3 nitrogen and oxygen atoms in total. The van der Waals surface area contributed by atoms with Crippen LogP contribution in [0.3, 0.4) is 0 Å². The minimum Gasteiger partial charge on any atom is -0.355 e. The standard InChI is InChI=1S/C11H14Cl2N2O/c12-9-5-8(6-10(13)7-9)1-2-11(16)15-4-3-14/h5-7H,1-4,14H2,(H,15,16). The minimum atomic E-state index is -0.0125. The van der Waals surface area contributed by atoms with E-state index in [1.807, 2.05) is 12.1 Å². The molecule has 0 aromatic heterocycles. The largest absolute Gasteiger partial charge is 0.355 e. The van der Waals surface area contributed by atoms with Crippen molar-refractivity contribution in [1.82, 2.24) is 5.32 Å². The van der Waals surface area contributed by atoms with Crippen molar-refractivity contribution in [3.8, 4) is 0 Å². The molecule has 0 atom stereocenters. The Morgan fingerprint density at radius 2 is 1.88 bits per heavy atom. The summed E-state index contributed by atoms with van der Waals surface area (Å²) < 4.78 is 0. The third kappa shape index (κ3) is 4.84. The lowest BCUT2D eigenvalue weighted by atomic mass is 10.1. The molecule has 16 heavy (non-hydrogen) atoms. The molecule has 1 amide bonds. The van der Waals surface area contributed by atoms with E-state index in [-0.39, 0.29) is 5.91 Å². The average Bonchev–Trinajstić information content (AvgIpc) is 2.22. The van der Waals surface area contributed by atoms with Gasteiger partial charge in [-0.2, -0.15) is 0 Å². The highest BCUT2D eigenvalue weighted by molar-refractivity contribution is 6.34. The summed E-state index contributed by atoms with van der Waals surface area (Å²) >= 11 is 11.7. The molecule has 5 heteroatoms. The Bertz CT molecular complexity index is 349. The molecule has 0 aliphatic rings. The Morgan fingerprint density at radius 3 is 2.44 bits per heavy atom. The van der Waals surface area contributed by atoms with E-state index in [1.54, 1.807) is 6.07 Å². The molecule has 0 saturated heterocycles. The number of amides is 1. The van der Waals surface area contributed by atoms with E-state index in [1.165, 1.54) is 0 Å². The Hall–Kier alpha value is -0.770. The molecule has 3 N–H and O–H groups in total. The Morgan fingerprint density at radius 1 is 1.25 bits per heavy atom. The van der Waals surface area contributed by atoms with Gasteiger partial charge in [0.05, 0.1) is 0 Å². The summed E-state index contributed by atoms with van der Waals surface area (Å²) in [6, 6.07) is 5.29. The first-order valence-corrected chi connectivity index (χ1v) is 5.79. The van der Waals surface area contributed by atoms with Gasteiger partial charge in [0.2, 0.25) is 5.91 Å². The molecule has 0 heterocycles. The van der Waals surface area contributed by atoms with Gasteiger partial charge in [-0.15, -0.1) is 0 Å². The first-order chi connectivity index (χ1) is 7.61. The average molecular weight is 261 g/mol. The second kappa shape index (κ2) is 6.74. The van der Waals surface area contributed by atoms with Crippen molar-refractivity contribution in [1.29, 1.82) is 0 Å². The number of hydrogen-bond donors (Lipinski definition) is 2. The molecule has 1 aromatic rings. The van der Waals surface area contributed by atoms with Crippen molar-refractivity contribution in [2.45, 2.75) is 12.8 Å². The first kappa shape index (κ1) is 13.3. The van der Waals surface area contributed by atoms with Crippen molar-refractivity contribution in [2.24, 2.45) is 5.73 Å². The van der Waals surface area contributed by atoms with Gasteiger partial charge in [0.15, 0.2) is 0 Å². The minimum absolute atomic E-state index is 0.0125. The summed E-state index contributed by atoms with van der Waals surface area (Å²) in [5.74, 6) is -0.0125. The van der Waals surface area contributed by atoms with Crippen LogP contribution in [0.1, 0.15) is 12.0 Å². The summed E-state index contributed by atoms with van der Waals surface area (Å²) in [4.78, 5) is 11.3. The van der Waals surface area contributed by atoms with Gasteiger partial charge in [-0.1, -0.05) is 23.2 Å². The van der Waals surface area contributed by atoms with Crippen molar-refractivity contribution in [2.75, 3.05) is 13.1 Å². The summed E-state index contributed by atoms with van der Waals surface area (Å²) in [5.41, 5.74) is 6.23. The topological polar surface area (TPSA) is 55.1 Å². The number of nitrogens with two attached hydrogens (primary N) is 1. The van der Waals surface area contributed by atoms with Crippen LogP contribution in [0.25, 0.3) is 0 Å². The Kier molecular flexibility index (Phi) is 5.60. The molecular formula is C11H14Cl2N2O. The monoisotopic (exact) mass is 260 g/mol. The SMILES string of the molecule is NCCNC(=O)CCc1cc(Cl)cc(Cl)c1. The molecule has 1 aromatic carbocycles. The lowest BCUT2D eigenvalue weighted by molar-refractivity contribution is -0.120. The van der Waals surface area contributed by atoms with E-state index in [0.29, 0.717) is 36.0 Å². The van der Waals surface area contributed by atoms with Gasteiger partial charge in [-0.3, -0.25) is 4.79 Å². The predicted octanol–water partition coefficient (Wildman–Crippen LogP) is 2.00. The molecule has 1 rings (SSSR count). The van der Waals surface area contributed by atoms with Crippen LogP contribution < -0.4 is 11.1 Å². The molecule has 0 unspecified atom stereocenters. The van der Waals surface area contributed by atoms with E-state index >= 15 is 0 Å². The maximum absolute atomic E-state index is 11.3. The second-order valence-electron chi connectivity index (χ2n) is 3.42. The molecule has 0 bridgehead atoms. The number of hydrogen-bond acceptors (Lipinski definition) is 2. The zero-order valence-electron chi connectivity index (χ0n) is 8.80. The fraction of sp³-hybridized carbons (Fsp3) is 0.364. The van der Waals surface area contributed by atoms with E-state index < -0.39 is 0 Å². The highest BCUT2D eigenvalue weighted by Crippen LogP contribution is 2.19. The molecular weight excluding hydrogens is 247 g/mol. The Labute approximate surface area is 105 Å². The number of nitrogens with one attached hydrogen (secondary N) is 1. The van der Waals surface area contributed by atoms with E-state index in [4.69, 9.17) is 28.9 Å². The van der Waals surface area contributed by atoms with Crippen molar-refractivity contribution < 1.29 is 4.79 Å². The molecule has 0 fully saturated rings. The molecule has 0 radical (unpaired) electrons. The van der Waals surface area contributed by atoms with Gasteiger partial charge in [-0.05, 0) is 30.2 Å². The highest BCUT2D eigenvalue weighted by Gasteiger charge is 2.03. The number of benzene rings is 1. The number of carbonyl (C=O) groups is 1. The molecule has 0 spiro atoms. The number of rotatable bonds is 5.